The maximum atomic E-state index is 13.7. The van der Waals surface area contributed by atoms with Gasteiger partial charge in [0.2, 0.25) is 5.91 Å². The molecule has 2 aromatic carbocycles. The number of carbonyl (C=O) groups excluding carboxylic acids is 3. The lowest BCUT2D eigenvalue weighted by atomic mass is 9.51. The van der Waals surface area contributed by atoms with Crippen molar-refractivity contribution in [1.82, 2.24) is 9.80 Å². The predicted octanol–water partition coefficient (Wildman–Crippen LogP) is 5.26. The number of ketones is 1. The lowest BCUT2D eigenvalue weighted by Crippen LogP contribution is -2.69. The fraction of sp³-hybridized carbons (Fsp3) is 0.571. The van der Waals surface area contributed by atoms with E-state index in [0.29, 0.717) is 36.9 Å². The highest BCUT2D eigenvalue weighted by molar-refractivity contribution is 5.78. The third kappa shape index (κ3) is 5.04. The van der Waals surface area contributed by atoms with Gasteiger partial charge >= 0.3 is 5.97 Å². The number of esters is 1. The average molecular weight is 573 g/mol. The van der Waals surface area contributed by atoms with Crippen LogP contribution in [-0.4, -0.2) is 65.3 Å². The van der Waals surface area contributed by atoms with E-state index in [2.05, 4.69) is 47.1 Å². The maximum Gasteiger partial charge on any atom is 0.308 e. The summed E-state index contributed by atoms with van der Waals surface area (Å²) in [5, 5.41) is 0. The van der Waals surface area contributed by atoms with Crippen molar-refractivity contribution in [3.8, 4) is 11.5 Å². The van der Waals surface area contributed by atoms with Gasteiger partial charge in [-0.05, 0) is 88.4 Å². The van der Waals surface area contributed by atoms with E-state index in [1.54, 1.807) is 6.92 Å². The molecule has 1 saturated carbocycles. The van der Waals surface area contributed by atoms with Crippen molar-refractivity contribution in [3.63, 3.8) is 0 Å². The van der Waals surface area contributed by atoms with Gasteiger partial charge in [-0.1, -0.05) is 42.8 Å². The molecule has 2 aliphatic carbocycles. The van der Waals surface area contributed by atoms with Crippen LogP contribution in [0.25, 0.3) is 0 Å². The number of Topliss-reactive ketones (excluding diaryl/α,β-unsaturated/α-hetero) is 1. The Labute approximate surface area is 249 Å². The number of benzene rings is 2. The number of carbonyl (C=O) groups is 3. The second-order valence-corrected chi connectivity index (χ2v) is 12.8. The highest BCUT2D eigenvalue weighted by Crippen LogP contribution is 2.64. The standard InChI is InChI=1S/C35H44N2O5/c1-4-37(31(40)14-10-6-9-13-25-11-7-5-8-12-25)28-17-16-27-29-21-26-15-18-30(41-24(3)39)33-32(26)35(27,34(28)42-33)19-20-36(29)22-23(2)38/h5,7-8,11-12,15,18,27-29,34H,4,6,9-10,13-14,16-17,19-22H2,1-3H3/t27-,28-,29+,34-,35-/m0/s1. The molecule has 6 rings (SSSR count). The molecule has 2 aromatic rings. The van der Waals surface area contributed by atoms with E-state index < -0.39 is 0 Å². The Morgan fingerprint density at radius 1 is 1.05 bits per heavy atom. The van der Waals surface area contributed by atoms with Crippen LogP contribution >= 0.6 is 0 Å². The van der Waals surface area contributed by atoms with Crippen molar-refractivity contribution in [1.29, 1.82) is 0 Å². The van der Waals surface area contributed by atoms with Crippen LogP contribution in [0, 0.1) is 5.92 Å². The molecular formula is C35H44N2O5. The molecule has 0 aromatic heterocycles. The minimum absolute atomic E-state index is 0.0356. The highest BCUT2D eigenvalue weighted by atomic mass is 16.6. The molecule has 5 atom stereocenters. The number of hydrogen-bond acceptors (Lipinski definition) is 6. The molecule has 1 saturated heterocycles. The monoisotopic (exact) mass is 572 g/mol. The van der Waals surface area contributed by atoms with Crippen LogP contribution in [-0.2, 0) is 32.6 Å². The number of aryl methyl sites for hydroxylation is 1. The van der Waals surface area contributed by atoms with E-state index in [-0.39, 0.29) is 41.3 Å². The smallest absolute Gasteiger partial charge is 0.308 e. The Kier molecular flexibility index (Phi) is 8.14. The van der Waals surface area contributed by atoms with E-state index in [1.807, 2.05) is 12.1 Å². The number of likely N-dealkylation sites (N-methyl/N-ethyl adjacent to an activating group) is 1. The summed E-state index contributed by atoms with van der Waals surface area (Å²) in [5.74, 6) is 1.56. The molecule has 2 aliphatic heterocycles. The summed E-state index contributed by atoms with van der Waals surface area (Å²) in [4.78, 5) is 42.4. The normalized spacial score (nSPS) is 27.1. The van der Waals surface area contributed by atoms with Crippen molar-refractivity contribution < 1.29 is 23.9 Å². The molecule has 42 heavy (non-hydrogen) atoms. The Morgan fingerprint density at radius 3 is 2.60 bits per heavy atom. The van der Waals surface area contributed by atoms with E-state index in [1.165, 1.54) is 23.6 Å². The fourth-order valence-corrected chi connectivity index (χ4v) is 8.79. The second-order valence-electron chi connectivity index (χ2n) is 12.8. The van der Waals surface area contributed by atoms with Crippen molar-refractivity contribution >= 4 is 17.7 Å². The molecular weight excluding hydrogens is 528 g/mol. The number of hydrogen-bond donors (Lipinski definition) is 0. The zero-order valence-corrected chi connectivity index (χ0v) is 25.3. The Balaban J connectivity index is 1.24. The summed E-state index contributed by atoms with van der Waals surface area (Å²) < 4.78 is 12.6. The molecule has 224 valence electrons. The summed E-state index contributed by atoms with van der Waals surface area (Å²) >= 11 is 0. The summed E-state index contributed by atoms with van der Waals surface area (Å²) in [5.41, 5.74) is 3.53. The van der Waals surface area contributed by atoms with E-state index >= 15 is 0 Å². The fourth-order valence-electron chi connectivity index (χ4n) is 8.79. The maximum absolute atomic E-state index is 13.7. The summed E-state index contributed by atoms with van der Waals surface area (Å²) in [6.45, 7) is 7.12. The first-order valence-corrected chi connectivity index (χ1v) is 15.9. The van der Waals surface area contributed by atoms with E-state index in [0.717, 1.165) is 57.9 Å². The molecule has 0 radical (unpaired) electrons. The van der Waals surface area contributed by atoms with Crippen LogP contribution in [0.5, 0.6) is 11.5 Å². The average Bonchev–Trinajstić information content (AvgIpc) is 3.32. The lowest BCUT2D eigenvalue weighted by Gasteiger charge is -2.60. The van der Waals surface area contributed by atoms with Crippen molar-refractivity contribution in [2.75, 3.05) is 19.6 Å². The van der Waals surface area contributed by atoms with Crippen LogP contribution in [0.15, 0.2) is 42.5 Å². The van der Waals surface area contributed by atoms with Gasteiger partial charge in [-0.25, -0.2) is 0 Å². The molecule has 0 unspecified atom stereocenters. The quantitative estimate of drug-likeness (QED) is 0.208. The van der Waals surface area contributed by atoms with Crippen molar-refractivity contribution in [3.05, 3.63) is 59.2 Å². The number of unbranched alkanes of at least 4 members (excludes halogenated alkanes) is 2. The van der Waals surface area contributed by atoms with Gasteiger partial charge in [0.1, 0.15) is 11.9 Å². The van der Waals surface area contributed by atoms with Gasteiger partial charge in [-0.15, -0.1) is 0 Å². The molecule has 1 spiro atoms. The van der Waals surface area contributed by atoms with E-state index in [9.17, 15) is 14.4 Å². The SMILES string of the molecule is CCN(C(=O)CCCCCc1ccccc1)[C@H]1CC[C@H]2[C@H]3Cc4ccc(OC(C)=O)c5c4[C@@]2(CCN3CC(C)=O)[C@H]1O5. The third-order valence-corrected chi connectivity index (χ3v) is 10.3. The van der Waals surface area contributed by atoms with Gasteiger partial charge in [0.05, 0.1) is 12.6 Å². The van der Waals surface area contributed by atoms with Crippen molar-refractivity contribution in [2.24, 2.45) is 5.92 Å². The molecule has 0 N–H and O–H groups in total. The largest absolute Gasteiger partial charge is 0.483 e. The first kappa shape index (κ1) is 28.9. The second kappa shape index (κ2) is 11.8. The zero-order chi connectivity index (χ0) is 29.4. The Hall–Kier alpha value is -3.19. The molecule has 7 nitrogen and oxygen atoms in total. The number of ether oxygens (including phenoxy) is 2. The number of piperidine rings is 1. The number of rotatable bonds is 11. The molecule has 2 heterocycles. The lowest BCUT2D eigenvalue weighted by molar-refractivity contribution is -0.143. The first-order chi connectivity index (χ1) is 20.3. The summed E-state index contributed by atoms with van der Waals surface area (Å²) in [6.07, 6.45) is 8.00. The van der Waals surface area contributed by atoms with Crippen LogP contribution in [0.3, 0.4) is 0 Å². The van der Waals surface area contributed by atoms with Gasteiger partial charge < -0.3 is 14.4 Å². The summed E-state index contributed by atoms with van der Waals surface area (Å²) in [6, 6.07) is 14.7. The van der Waals surface area contributed by atoms with E-state index in [4.69, 9.17) is 9.47 Å². The minimum atomic E-state index is -0.363. The molecule has 2 fully saturated rings. The van der Waals surface area contributed by atoms with Crippen LogP contribution in [0.2, 0.25) is 0 Å². The van der Waals surface area contributed by atoms with Gasteiger partial charge in [0, 0.05) is 36.9 Å². The number of nitrogens with zero attached hydrogens (tertiary/aromatic N) is 2. The Morgan fingerprint density at radius 2 is 1.86 bits per heavy atom. The van der Waals surface area contributed by atoms with Gasteiger partial charge in [-0.2, -0.15) is 0 Å². The number of likely N-dealkylation sites (tertiary alicyclic amines) is 1. The summed E-state index contributed by atoms with van der Waals surface area (Å²) in [7, 11) is 0. The molecule has 4 aliphatic rings. The topological polar surface area (TPSA) is 76.2 Å². The van der Waals surface area contributed by atoms with Gasteiger partial charge in [0.25, 0.3) is 0 Å². The zero-order valence-electron chi connectivity index (χ0n) is 25.3. The minimum Gasteiger partial charge on any atom is -0.483 e. The van der Waals surface area contributed by atoms with Gasteiger partial charge in [0.15, 0.2) is 11.5 Å². The number of amides is 1. The van der Waals surface area contributed by atoms with Crippen LogP contribution in [0.1, 0.15) is 82.4 Å². The first-order valence-electron chi connectivity index (χ1n) is 15.9. The highest BCUT2D eigenvalue weighted by Gasteiger charge is 2.66. The van der Waals surface area contributed by atoms with Crippen LogP contribution < -0.4 is 9.47 Å². The molecule has 2 bridgehead atoms. The predicted molar refractivity (Wildman–Crippen MR) is 161 cm³/mol. The molecule has 1 amide bonds. The Bertz CT molecular complexity index is 1340. The van der Waals surface area contributed by atoms with Gasteiger partial charge in [-0.3, -0.25) is 19.3 Å². The third-order valence-electron chi connectivity index (χ3n) is 10.3. The van der Waals surface area contributed by atoms with Crippen LogP contribution in [0.4, 0.5) is 0 Å². The molecule has 7 heteroatoms. The van der Waals surface area contributed by atoms with Crippen molar-refractivity contribution in [2.45, 2.75) is 102 Å².